The predicted molar refractivity (Wildman–Crippen MR) is 90.9 cm³/mol. The number of halogens is 1. The molecule has 22 heavy (non-hydrogen) atoms. The van der Waals surface area contributed by atoms with Crippen LogP contribution >= 0.6 is 11.6 Å². The Balaban J connectivity index is 2.04. The van der Waals surface area contributed by atoms with Crippen molar-refractivity contribution in [2.45, 2.75) is 19.9 Å². The molecule has 1 atom stereocenters. The van der Waals surface area contributed by atoms with E-state index >= 15 is 0 Å². The van der Waals surface area contributed by atoms with E-state index in [4.69, 9.17) is 16.3 Å². The Kier molecular flexibility index (Phi) is 5.28. The number of benzene rings is 2. The van der Waals surface area contributed by atoms with E-state index in [1.165, 1.54) is 0 Å². The van der Waals surface area contributed by atoms with Gasteiger partial charge in [0, 0.05) is 10.7 Å². The molecule has 4 nitrogen and oxygen atoms in total. The summed E-state index contributed by atoms with van der Waals surface area (Å²) >= 11 is 6.09. The van der Waals surface area contributed by atoms with Crippen molar-refractivity contribution in [2.75, 3.05) is 17.7 Å². The quantitative estimate of drug-likeness (QED) is 0.872. The van der Waals surface area contributed by atoms with Gasteiger partial charge in [-0.3, -0.25) is 4.79 Å². The maximum atomic E-state index is 12.3. The van der Waals surface area contributed by atoms with Crippen molar-refractivity contribution in [1.29, 1.82) is 0 Å². The number of aryl methyl sites for hydroxylation is 1. The molecule has 116 valence electrons. The van der Waals surface area contributed by atoms with Crippen LogP contribution in [0.1, 0.15) is 12.5 Å². The number of ether oxygens (including phenoxy) is 1. The third kappa shape index (κ3) is 3.92. The van der Waals surface area contributed by atoms with Crippen molar-refractivity contribution in [1.82, 2.24) is 0 Å². The lowest BCUT2D eigenvalue weighted by Crippen LogP contribution is -2.32. The van der Waals surface area contributed by atoms with E-state index in [9.17, 15) is 4.79 Å². The molecule has 0 bridgehead atoms. The van der Waals surface area contributed by atoms with Crippen LogP contribution in [0.4, 0.5) is 11.4 Å². The number of carbonyl (C=O) groups excluding carboxylic acids is 1. The Labute approximate surface area is 135 Å². The second-order valence-corrected chi connectivity index (χ2v) is 5.43. The van der Waals surface area contributed by atoms with Crippen molar-refractivity contribution in [3.05, 3.63) is 53.1 Å². The molecule has 0 aliphatic rings. The summed E-state index contributed by atoms with van der Waals surface area (Å²) in [4.78, 5) is 12.3. The number of carbonyl (C=O) groups is 1. The summed E-state index contributed by atoms with van der Waals surface area (Å²) in [6, 6.07) is 12.5. The van der Waals surface area contributed by atoms with Gasteiger partial charge in [0.25, 0.3) is 0 Å². The van der Waals surface area contributed by atoms with Crippen LogP contribution < -0.4 is 15.4 Å². The number of methoxy groups -OCH3 is 1. The van der Waals surface area contributed by atoms with Crippen LogP contribution in [0.25, 0.3) is 0 Å². The van der Waals surface area contributed by atoms with Crippen LogP contribution in [0.3, 0.4) is 0 Å². The summed E-state index contributed by atoms with van der Waals surface area (Å²) in [7, 11) is 1.57. The van der Waals surface area contributed by atoms with Crippen LogP contribution in [0.2, 0.25) is 5.02 Å². The van der Waals surface area contributed by atoms with Crippen molar-refractivity contribution in [3.8, 4) is 5.75 Å². The number of amides is 1. The van der Waals surface area contributed by atoms with E-state index in [-0.39, 0.29) is 5.91 Å². The van der Waals surface area contributed by atoms with Gasteiger partial charge in [-0.05, 0) is 43.7 Å². The molecule has 0 fully saturated rings. The van der Waals surface area contributed by atoms with E-state index in [1.54, 1.807) is 26.2 Å². The third-order valence-corrected chi connectivity index (χ3v) is 3.72. The third-order valence-electron chi connectivity index (χ3n) is 3.31. The van der Waals surface area contributed by atoms with Gasteiger partial charge in [0.15, 0.2) is 0 Å². The molecule has 0 spiro atoms. The van der Waals surface area contributed by atoms with Crippen LogP contribution in [0.15, 0.2) is 42.5 Å². The molecule has 0 aliphatic carbocycles. The van der Waals surface area contributed by atoms with Crippen LogP contribution in [-0.4, -0.2) is 19.1 Å². The van der Waals surface area contributed by atoms with Gasteiger partial charge in [-0.1, -0.05) is 29.8 Å². The Morgan fingerprint density at radius 2 is 1.95 bits per heavy atom. The van der Waals surface area contributed by atoms with Gasteiger partial charge in [0.2, 0.25) is 5.91 Å². The number of nitrogens with one attached hydrogen (secondary N) is 2. The number of rotatable bonds is 5. The smallest absolute Gasteiger partial charge is 0.246 e. The van der Waals surface area contributed by atoms with E-state index in [2.05, 4.69) is 10.6 Å². The monoisotopic (exact) mass is 318 g/mol. The van der Waals surface area contributed by atoms with Crippen molar-refractivity contribution >= 4 is 28.9 Å². The van der Waals surface area contributed by atoms with Crippen LogP contribution in [-0.2, 0) is 4.79 Å². The second-order valence-electron chi connectivity index (χ2n) is 5.02. The van der Waals surface area contributed by atoms with Gasteiger partial charge in [0.05, 0.1) is 12.8 Å². The van der Waals surface area contributed by atoms with E-state index in [0.29, 0.717) is 16.5 Å². The standard InChI is InChI=1S/C17H19ClN2O2/c1-11-8-9-13(10-14(11)18)19-12(2)17(21)20-15-6-4-5-7-16(15)22-3/h4-10,12,19H,1-3H3,(H,20,21)/t12-/m0/s1. The summed E-state index contributed by atoms with van der Waals surface area (Å²) in [5.74, 6) is 0.475. The zero-order valence-corrected chi connectivity index (χ0v) is 13.6. The molecule has 5 heteroatoms. The minimum Gasteiger partial charge on any atom is -0.495 e. The molecule has 0 saturated carbocycles. The molecule has 0 aromatic heterocycles. The number of para-hydroxylation sites is 2. The van der Waals surface area contributed by atoms with Gasteiger partial charge in [-0.25, -0.2) is 0 Å². The van der Waals surface area contributed by atoms with Crippen LogP contribution in [0.5, 0.6) is 5.75 Å². The highest BCUT2D eigenvalue weighted by Crippen LogP contribution is 2.24. The Hall–Kier alpha value is -2.20. The molecule has 1 amide bonds. The number of anilines is 2. The number of hydrogen-bond donors (Lipinski definition) is 2. The van der Waals surface area contributed by atoms with Crippen molar-refractivity contribution in [2.24, 2.45) is 0 Å². The lowest BCUT2D eigenvalue weighted by Gasteiger charge is -2.17. The minimum atomic E-state index is -0.413. The first-order valence-electron chi connectivity index (χ1n) is 6.98. The topological polar surface area (TPSA) is 50.4 Å². The van der Waals surface area contributed by atoms with E-state index in [1.807, 2.05) is 37.3 Å². The largest absolute Gasteiger partial charge is 0.495 e. The first-order chi connectivity index (χ1) is 10.5. The van der Waals surface area contributed by atoms with E-state index < -0.39 is 6.04 Å². The minimum absolute atomic E-state index is 0.152. The fraction of sp³-hybridized carbons (Fsp3) is 0.235. The Morgan fingerprint density at radius 3 is 2.64 bits per heavy atom. The lowest BCUT2D eigenvalue weighted by atomic mass is 10.2. The Bertz CT molecular complexity index is 673. The maximum Gasteiger partial charge on any atom is 0.246 e. The SMILES string of the molecule is COc1ccccc1NC(=O)[C@H](C)Nc1ccc(C)c(Cl)c1. The second kappa shape index (κ2) is 7.18. The molecular formula is C17H19ClN2O2. The molecule has 0 aliphatic heterocycles. The highest BCUT2D eigenvalue weighted by atomic mass is 35.5. The average molecular weight is 319 g/mol. The van der Waals surface area contributed by atoms with Gasteiger partial charge < -0.3 is 15.4 Å². The molecule has 2 N–H and O–H groups in total. The predicted octanol–water partition coefficient (Wildman–Crippen LogP) is 4.10. The van der Waals surface area contributed by atoms with Crippen molar-refractivity contribution < 1.29 is 9.53 Å². The lowest BCUT2D eigenvalue weighted by molar-refractivity contribution is -0.116. The molecule has 0 radical (unpaired) electrons. The van der Waals surface area contributed by atoms with Crippen LogP contribution in [0, 0.1) is 6.92 Å². The van der Waals surface area contributed by atoms with Gasteiger partial charge in [-0.2, -0.15) is 0 Å². The fourth-order valence-corrected chi connectivity index (χ4v) is 2.17. The van der Waals surface area contributed by atoms with Crippen molar-refractivity contribution in [3.63, 3.8) is 0 Å². The van der Waals surface area contributed by atoms with E-state index in [0.717, 1.165) is 11.3 Å². The molecule has 0 unspecified atom stereocenters. The zero-order valence-electron chi connectivity index (χ0n) is 12.8. The Morgan fingerprint density at radius 1 is 1.23 bits per heavy atom. The molecule has 2 rings (SSSR count). The summed E-state index contributed by atoms with van der Waals surface area (Å²) in [6.07, 6.45) is 0. The molecule has 0 heterocycles. The van der Waals surface area contributed by atoms with Gasteiger partial charge in [-0.15, -0.1) is 0 Å². The summed E-state index contributed by atoms with van der Waals surface area (Å²) < 4.78 is 5.22. The molecule has 2 aromatic carbocycles. The molecular weight excluding hydrogens is 300 g/mol. The fourth-order valence-electron chi connectivity index (χ4n) is 1.99. The first-order valence-corrected chi connectivity index (χ1v) is 7.35. The van der Waals surface area contributed by atoms with Gasteiger partial charge >= 0.3 is 0 Å². The normalized spacial score (nSPS) is 11.6. The summed E-state index contributed by atoms with van der Waals surface area (Å²) in [5, 5.41) is 6.65. The summed E-state index contributed by atoms with van der Waals surface area (Å²) in [5.41, 5.74) is 2.45. The molecule has 0 saturated heterocycles. The number of hydrogen-bond acceptors (Lipinski definition) is 3. The summed E-state index contributed by atoms with van der Waals surface area (Å²) in [6.45, 7) is 3.72. The zero-order chi connectivity index (χ0) is 16.1. The van der Waals surface area contributed by atoms with Gasteiger partial charge in [0.1, 0.15) is 11.8 Å². The average Bonchev–Trinajstić information content (AvgIpc) is 2.51. The maximum absolute atomic E-state index is 12.3. The molecule has 2 aromatic rings. The first kappa shape index (κ1) is 16.2. The highest BCUT2D eigenvalue weighted by Gasteiger charge is 2.15. The highest BCUT2D eigenvalue weighted by molar-refractivity contribution is 6.31.